The van der Waals surface area contributed by atoms with Gasteiger partial charge in [0.1, 0.15) is 6.33 Å². The van der Waals surface area contributed by atoms with Gasteiger partial charge < -0.3 is 15.0 Å². The summed E-state index contributed by atoms with van der Waals surface area (Å²) in [5, 5.41) is 5.37. The quantitative estimate of drug-likeness (QED) is 0.719. The number of amides is 2. The van der Waals surface area contributed by atoms with E-state index in [1.165, 1.54) is 13.4 Å². The predicted octanol–water partition coefficient (Wildman–Crippen LogP) is -0.230. The number of methoxy groups -OCH3 is 1. The van der Waals surface area contributed by atoms with Crippen molar-refractivity contribution in [3.8, 4) is 5.75 Å². The number of anilines is 2. The highest BCUT2D eigenvalue weighted by Crippen LogP contribution is 2.32. The van der Waals surface area contributed by atoms with Gasteiger partial charge in [-0.05, 0) is 6.42 Å². The molecule has 1 aromatic heterocycles. The number of ether oxygens (including phenoxy) is 1. The fourth-order valence-corrected chi connectivity index (χ4v) is 1.93. The zero-order valence-electron chi connectivity index (χ0n) is 11.5. The van der Waals surface area contributed by atoms with Crippen LogP contribution in [0, 0.1) is 0 Å². The topological polar surface area (TPSA) is 96.5 Å². The number of carbonyl (C=O) groups is 2. The Hall–Kier alpha value is -2.38. The highest BCUT2D eigenvalue weighted by Gasteiger charge is 2.27. The summed E-state index contributed by atoms with van der Waals surface area (Å²) in [6.45, 7) is 2.90. The summed E-state index contributed by atoms with van der Waals surface area (Å²) in [7, 11) is 1.51. The van der Waals surface area contributed by atoms with Gasteiger partial charge in [0.25, 0.3) is 0 Å². The molecule has 2 amide bonds. The van der Waals surface area contributed by atoms with Crippen molar-refractivity contribution in [1.82, 2.24) is 15.3 Å². The molecule has 2 N–H and O–H groups in total. The summed E-state index contributed by atoms with van der Waals surface area (Å²) in [5.41, 5.74) is 0. The van der Waals surface area contributed by atoms with Crippen molar-refractivity contribution in [3.63, 3.8) is 0 Å². The Morgan fingerprint density at radius 1 is 1.35 bits per heavy atom. The van der Waals surface area contributed by atoms with Crippen molar-refractivity contribution in [1.29, 1.82) is 0 Å². The second-order valence-electron chi connectivity index (χ2n) is 4.33. The molecule has 0 radical (unpaired) electrons. The Morgan fingerprint density at radius 2 is 2.05 bits per heavy atom. The number of hydrogen-bond donors (Lipinski definition) is 2. The van der Waals surface area contributed by atoms with Crippen LogP contribution in [-0.2, 0) is 9.59 Å². The van der Waals surface area contributed by atoms with Crippen LogP contribution in [0.2, 0.25) is 0 Å². The zero-order chi connectivity index (χ0) is 14.5. The Morgan fingerprint density at radius 3 is 2.65 bits per heavy atom. The lowest BCUT2D eigenvalue weighted by atomic mass is 10.3. The van der Waals surface area contributed by atoms with Crippen LogP contribution in [0.4, 0.5) is 11.6 Å². The Balaban J connectivity index is 2.30. The van der Waals surface area contributed by atoms with Gasteiger partial charge in [0.2, 0.25) is 17.6 Å². The molecule has 0 bridgehead atoms. The SMILES string of the molecule is CCCNc1ncnc(N2CC(=O)NC(=O)C2)c1OC. The lowest BCUT2D eigenvalue weighted by molar-refractivity contribution is -0.130. The molecule has 0 unspecified atom stereocenters. The van der Waals surface area contributed by atoms with E-state index in [4.69, 9.17) is 4.74 Å². The number of imide groups is 1. The molecule has 0 aromatic carbocycles. The number of carbonyl (C=O) groups excluding carboxylic acids is 2. The summed E-state index contributed by atoms with van der Waals surface area (Å²) in [4.78, 5) is 32.7. The van der Waals surface area contributed by atoms with Crippen molar-refractivity contribution in [2.24, 2.45) is 0 Å². The largest absolute Gasteiger partial charge is 0.490 e. The number of nitrogens with one attached hydrogen (secondary N) is 2. The van der Waals surface area contributed by atoms with E-state index < -0.39 is 0 Å². The van der Waals surface area contributed by atoms with Gasteiger partial charge in [-0.2, -0.15) is 0 Å². The molecule has 1 fully saturated rings. The zero-order valence-corrected chi connectivity index (χ0v) is 11.5. The highest BCUT2D eigenvalue weighted by atomic mass is 16.5. The van der Waals surface area contributed by atoms with E-state index >= 15 is 0 Å². The van der Waals surface area contributed by atoms with Crippen LogP contribution < -0.4 is 20.3 Å². The minimum atomic E-state index is -0.356. The van der Waals surface area contributed by atoms with Crippen molar-refractivity contribution in [2.45, 2.75) is 13.3 Å². The summed E-state index contributed by atoms with van der Waals surface area (Å²) >= 11 is 0. The third-order valence-electron chi connectivity index (χ3n) is 2.78. The van der Waals surface area contributed by atoms with Crippen molar-refractivity contribution >= 4 is 23.5 Å². The Labute approximate surface area is 116 Å². The first-order chi connectivity index (χ1) is 9.65. The van der Waals surface area contributed by atoms with Gasteiger partial charge in [0.15, 0.2) is 11.6 Å². The van der Waals surface area contributed by atoms with Crippen molar-refractivity contribution in [2.75, 3.05) is 37.0 Å². The first kappa shape index (κ1) is 14.0. The fourth-order valence-electron chi connectivity index (χ4n) is 1.93. The van der Waals surface area contributed by atoms with E-state index in [2.05, 4.69) is 20.6 Å². The van der Waals surface area contributed by atoms with Crippen LogP contribution in [0.1, 0.15) is 13.3 Å². The van der Waals surface area contributed by atoms with E-state index in [1.807, 2.05) is 6.92 Å². The van der Waals surface area contributed by atoms with Crippen LogP contribution >= 0.6 is 0 Å². The standard InChI is InChI=1S/C12H17N5O3/c1-3-4-13-11-10(20-2)12(15-7-14-11)17-5-8(18)16-9(19)6-17/h7H,3-6H2,1-2H3,(H,13,14,15)(H,16,18,19). The van der Waals surface area contributed by atoms with Crippen LogP contribution in [0.5, 0.6) is 5.75 Å². The third-order valence-corrected chi connectivity index (χ3v) is 2.78. The Bertz CT molecular complexity index is 504. The molecule has 0 aliphatic carbocycles. The van der Waals surface area contributed by atoms with Gasteiger partial charge in [-0.25, -0.2) is 9.97 Å². The molecule has 0 atom stereocenters. The van der Waals surface area contributed by atoms with E-state index in [9.17, 15) is 9.59 Å². The molecule has 0 spiro atoms. The van der Waals surface area contributed by atoms with Gasteiger partial charge in [0.05, 0.1) is 20.2 Å². The Kier molecular flexibility index (Phi) is 4.34. The molecule has 2 rings (SSSR count). The maximum absolute atomic E-state index is 11.4. The first-order valence-corrected chi connectivity index (χ1v) is 6.36. The number of piperazine rings is 1. The van der Waals surface area contributed by atoms with Crippen molar-refractivity contribution < 1.29 is 14.3 Å². The molecule has 8 nitrogen and oxygen atoms in total. The van der Waals surface area contributed by atoms with Crippen LogP contribution in [0.25, 0.3) is 0 Å². The maximum atomic E-state index is 11.4. The number of rotatable bonds is 5. The van der Waals surface area contributed by atoms with Gasteiger partial charge in [-0.1, -0.05) is 6.92 Å². The van der Waals surface area contributed by atoms with Gasteiger partial charge in [-0.3, -0.25) is 14.9 Å². The number of nitrogens with zero attached hydrogens (tertiary/aromatic N) is 3. The van der Waals surface area contributed by atoms with Crippen LogP contribution in [0.3, 0.4) is 0 Å². The molecule has 0 saturated carbocycles. The smallest absolute Gasteiger partial charge is 0.246 e. The lowest BCUT2D eigenvalue weighted by Crippen LogP contribution is -2.51. The fraction of sp³-hybridized carbons (Fsp3) is 0.500. The molecule has 1 aliphatic rings. The molecule has 20 heavy (non-hydrogen) atoms. The average molecular weight is 279 g/mol. The number of aromatic nitrogens is 2. The summed E-state index contributed by atoms with van der Waals surface area (Å²) < 4.78 is 5.33. The maximum Gasteiger partial charge on any atom is 0.246 e. The average Bonchev–Trinajstić information content (AvgIpc) is 2.43. The normalized spacial score (nSPS) is 15.0. The third kappa shape index (κ3) is 2.95. The highest BCUT2D eigenvalue weighted by molar-refractivity contribution is 6.02. The molecule has 108 valence electrons. The molecule has 1 aliphatic heterocycles. The van der Waals surface area contributed by atoms with Gasteiger partial charge >= 0.3 is 0 Å². The van der Waals surface area contributed by atoms with E-state index in [0.29, 0.717) is 17.4 Å². The van der Waals surface area contributed by atoms with Crippen LogP contribution in [0.15, 0.2) is 6.33 Å². The minimum absolute atomic E-state index is 0.0618. The summed E-state index contributed by atoms with van der Waals surface area (Å²) in [6.07, 6.45) is 2.32. The summed E-state index contributed by atoms with van der Waals surface area (Å²) in [6, 6.07) is 0. The van der Waals surface area contributed by atoms with Gasteiger partial charge in [-0.15, -0.1) is 0 Å². The molecular formula is C12H17N5O3. The lowest BCUT2D eigenvalue weighted by Gasteiger charge is -2.27. The van der Waals surface area contributed by atoms with E-state index in [-0.39, 0.29) is 24.9 Å². The summed E-state index contributed by atoms with van der Waals surface area (Å²) in [5.74, 6) is 0.709. The predicted molar refractivity (Wildman–Crippen MR) is 72.7 cm³/mol. The molecular weight excluding hydrogens is 262 g/mol. The molecule has 2 heterocycles. The second kappa shape index (κ2) is 6.18. The second-order valence-corrected chi connectivity index (χ2v) is 4.33. The number of hydrogen-bond acceptors (Lipinski definition) is 7. The van der Waals surface area contributed by atoms with Crippen LogP contribution in [-0.4, -0.2) is 48.5 Å². The molecule has 1 aromatic rings. The molecule has 1 saturated heterocycles. The van der Waals surface area contributed by atoms with Gasteiger partial charge in [0, 0.05) is 6.54 Å². The molecule has 8 heteroatoms. The minimum Gasteiger partial charge on any atom is -0.490 e. The monoisotopic (exact) mass is 279 g/mol. The van der Waals surface area contributed by atoms with E-state index in [0.717, 1.165) is 13.0 Å². The van der Waals surface area contributed by atoms with E-state index in [1.54, 1.807) is 4.90 Å². The first-order valence-electron chi connectivity index (χ1n) is 6.36. The van der Waals surface area contributed by atoms with Crippen molar-refractivity contribution in [3.05, 3.63) is 6.33 Å².